The van der Waals surface area contributed by atoms with E-state index in [0.717, 1.165) is 29.2 Å². The van der Waals surface area contributed by atoms with Crippen LogP contribution in [0.1, 0.15) is 37.7 Å². The Morgan fingerprint density at radius 3 is 2.62 bits per heavy atom. The fraction of sp³-hybridized carbons (Fsp3) is 0.278. The second kappa shape index (κ2) is 5.90. The Hall–Kier alpha value is -1.80. The molecule has 0 saturated carbocycles. The SMILES string of the molecule is CCC(C)n1c(Cc2ccccc2)nc2cc(Cl)ccc21. The fourth-order valence-electron chi connectivity index (χ4n) is 2.70. The van der Waals surface area contributed by atoms with E-state index in [1.165, 1.54) is 11.1 Å². The van der Waals surface area contributed by atoms with Gasteiger partial charge in [0.05, 0.1) is 11.0 Å². The molecule has 0 spiro atoms. The average molecular weight is 299 g/mol. The van der Waals surface area contributed by atoms with Crippen LogP contribution in [-0.4, -0.2) is 9.55 Å². The fourth-order valence-corrected chi connectivity index (χ4v) is 2.87. The lowest BCUT2D eigenvalue weighted by molar-refractivity contribution is 0.526. The molecule has 0 radical (unpaired) electrons. The van der Waals surface area contributed by atoms with Crippen molar-refractivity contribution in [1.82, 2.24) is 9.55 Å². The van der Waals surface area contributed by atoms with Crippen LogP contribution in [0.5, 0.6) is 0 Å². The number of hydrogen-bond acceptors (Lipinski definition) is 1. The molecule has 108 valence electrons. The summed E-state index contributed by atoms with van der Waals surface area (Å²) in [5.74, 6) is 1.10. The van der Waals surface area contributed by atoms with E-state index < -0.39 is 0 Å². The molecule has 1 aromatic heterocycles. The lowest BCUT2D eigenvalue weighted by Crippen LogP contribution is -2.09. The van der Waals surface area contributed by atoms with E-state index >= 15 is 0 Å². The van der Waals surface area contributed by atoms with Gasteiger partial charge in [-0.3, -0.25) is 0 Å². The number of rotatable bonds is 4. The number of imidazole rings is 1. The van der Waals surface area contributed by atoms with Crippen LogP contribution in [0, 0.1) is 0 Å². The van der Waals surface area contributed by atoms with Crippen LogP contribution in [0.25, 0.3) is 11.0 Å². The van der Waals surface area contributed by atoms with Crippen molar-refractivity contribution in [3.05, 3.63) is 64.9 Å². The standard InChI is InChI=1S/C18H19ClN2/c1-3-13(2)21-17-10-9-15(19)12-16(17)20-18(21)11-14-7-5-4-6-8-14/h4-10,12-13H,3,11H2,1-2H3. The average Bonchev–Trinajstić information content (AvgIpc) is 2.84. The van der Waals surface area contributed by atoms with E-state index in [-0.39, 0.29) is 0 Å². The third-order valence-electron chi connectivity index (χ3n) is 3.96. The first-order valence-corrected chi connectivity index (χ1v) is 7.77. The Morgan fingerprint density at radius 2 is 1.90 bits per heavy atom. The molecule has 0 fully saturated rings. The van der Waals surface area contributed by atoms with Crippen LogP contribution in [-0.2, 0) is 6.42 Å². The molecule has 0 N–H and O–H groups in total. The molecule has 1 unspecified atom stereocenters. The summed E-state index contributed by atoms with van der Waals surface area (Å²) < 4.78 is 2.35. The molecular weight excluding hydrogens is 280 g/mol. The Balaban J connectivity index is 2.12. The van der Waals surface area contributed by atoms with Gasteiger partial charge in [0.15, 0.2) is 0 Å². The molecule has 1 atom stereocenters. The van der Waals surface area contributed by atoms with Gasteiger partial charge in [-0.1, -0.05) is 48.9 Å². The minimum absolute atomic E-state index is 0.426. The molecule has 3 aromatic rings. The molecule has 2 aromatic carbocycles. The van der Waals surface area contributed by atoms with Gasteiger partial charge >= 0.3 is 0 Å². The number of aromatic nitrogens is 2. The van der Waals surface area contributed by atoms with Gasteiger partial charge < -0.3 is 4.57 Å². The Bertz CT molecular complexity index is 747. The summed E-state index contributed by atoms with van der Waals surface area (Å²) in [6, 6.07) is 16.9. The first-order chi connectivity index (χ1) is 10.2. The van der Waals surface area contributed by atoms with Gasteiger partial charge in [0, 0.05) is 17.5 Å². The summed E-state index contributed by atoms with van der Waals surface area (Å²) in [5, 5.41) is 0.738. The van der Waals surface area contributed by atoms with Crippen LogP contribution >= 0.6 is 11.6 Å². The van der Waals surface area contributed by atoms with E-state index in [1.807, 2.05) is 18.2 Å². The van der Waals surface area contributed by atoms with Crippen molar-refractivity contribution in [2.45, 2.75) is 32.7 Å². The highest BCUT2D eigenvalue weighted by Gasteiger charge is 2.15. The molecule has 3 rings (SSSR count). The van der Waals surface area contributed by atoms with Crippen molar-refractivity contribution in [3.63, 3.8) is 0 Å². The number of nitrogens with zero attached hydrogens (tertiary/aromatic N) is 2. The minimum Gasteiger partial charge on any atom is -0.325 e. The van der Waals surface area contributed by atoms with E-state index in [0.29, 0.717) is 6.04 Å². The normalized spacial score (nSPS) is 12.7. The lowest BCUT2D eigenvalue weighted by Gasteiger charge is -2.16. The molecule has 1 heterocycles. The zero-order chi connectivity index (χ0) is 14.8. The second-order valence-corrected chi connectivity index (χ2v) is 5.89. The topological polar surface area (TPSA) is 17.8 Å². The molecule has 0 bridgehead atoms. The highest BCUT2D eigenvalue weighted by atomic mass is 35.5. The number of hydrogen-bond donors (Lipinski definition) is 0. The van der Waals surface area contributed by atoms with E-state index in [9.17, 15) is 0 Å². The largest absolute Gasteiger partial charge is 0.325 e. The maximum absolute atomic E-state index is 6.10. The third kappa shape index (κ3) is 2.81. The van der Waals surface area contributed by atoms with Gasteiger partial charge in [0.2, 0.25) is 0 Å². The van der Waals surface area contributed by atoms with Crippen LogP contribution in [0.15, 0.2) is 48.5 Å². The van der Waals surface area contributed by atoms with Crippen LogP contribution in [0.4, 0.5) is 0 Å². The highest BCUT2D eigenvalue weighted by molar-refractivity contribution is 6.31. The molecule has 0 aliphatic carbocycles. The highest BCUT2D eigenvalue weighted by Crippen LogP contribution is 2.26. The Morgan fingerprint density at radius 1 is 1.14 bits per heavy atom. The molecule has 0 amide bonds. The van der Waals surface area contributed by atoms with Gasteiger partial charge in [-0.15, -0.1) is 0 Å². The molecule has 0 aliphatic heterocycles. The van der Waals surface area contributed by atoms with Crippen molar-refractivity contribution in [2.75, 3.05) is 0 Å². The maximum Gasteiger partial charge on any atom is 0.114 e. The molecular formula is C18H19ClN2. The second-order valence-electron chi connectivity index (χ2n) is 5.45. The van der Waals surface area contributed by atoms with Gasteiger partial charge in [-0.2, -0.15) is 0 Å². The van der Waals surface area contributed by atoms with Crippen LogP contribution < -0.4 is 0 Å². The summed E-state index contributed by atoms with van der Waals surface area (Å²) >= 11 is 6.10. The van der Waals surface area contributed by atoms with E-state index in [1.54, 1.807) is 0 Å². The monoisotopic (exact) mass is 298 g/mol. The summed E-state index contributed by atoms with van der Waals surface area (Å²) in [6.45, 7) is 4.45. The van der Waals surface area contributed by atoms with E-state index in [2.05, 4.69) is 48.7 Å². The predicted molar refractivity (Wildman–Crippen MR) is 89.0 cm³/mol. The van der Waals surface area contributed by atoms with Gasteiger partial charge in [-0.05, 0) is 37.1 Å². The molecule has 3 heteroatoms. The first-order valence-electron chi connectivity index (χ1n) is 7.39. The number of halogens is 1. The van der Waals surface area contributed by atoms with Gasteiger partial charge in [0.25, 0.3) is 0 Å². The summed E-state index contributed by atoms with van der Waals surface area (Å²) in [4.78, 5) is 4.82. The predicted octanol–water partition coefficient (Wildman–Crippen LogP) is 5.25. The van der Waals surface area contributed by atoms with Crippen molar-refractivity contribution in [1.29, 1.82) is 0 Å². The number of benzene rings is 2. The van der Waals surface area contributed by atoms with Crippen molar-refractivity contribution < 1.29 is 0 Å². The van der Waals surface area contributed by atoms with Crippen molar-refractivity contribution in [2.24, 2.45) is 0 Å². The van der Waals surface area contributed by atoms with Gasteiger partial charge in [0.1, 0.15) is 5.82 Å². The smallest absolute Gasteiger partial charge is 0.114 e. The Kier molecular flexibility index (Phi) is 3.98. The van der Waals surface area contributed by atoms with Gasteiger partial charge in [-0.25, -0.2) is 4.98 Å². The molecule has 0 aliphatic rings. The minimum atomic E-state index is 0.426. The zero-order valence-corrected chi connectivity index (χ0v) is 13.1. The summed E-state index contributed by atoms with van der Waals surface area (Å²) in [5.41, 5.74) is 3.43. The first kappa shape index (κ1) is 14.2. The van der Waals surface area contributed by atoms with Crippen molar-refractivity contribution >= 4 is 22.6 Å². The summed E-state index contributed by atoms with van der Waals surface area (Å²) in [6.07, 6.45) is 1.92. The lowest BCUT2D eigenvalue weighted by atomic mass is 10.1. The van der Waals surface area contributed by atoms with E-state index in [4.69, 9.17) is 16.6 Å². The maximum atomic E-state index is 6.10. The molecule has 2 nitrogen and oxygen atoms in total. The zero-order valence-electron chi connectivity index (χ0n) is 12.4. The Labute approximate surface area is 130 Å². The third-order valence-corrected chi connectivity index (χ3v) is 4.20. The molecule has 0 saturated heterocycles. The van der Waals surface area contributed by atoms with Crippen LogP contribution in [0.2, 0.25) is 5.02 Å². The quantitative estimate of drug-likeness (QED) is 0.643. The summed E-state index contributed by atoms with van der Waals surface area (Å²) in [7, 11) is 0. The number of fused-ring (bicyclic) bond motifs is 1. The van der Waals surface area contributed by atoms with Crippen LogP contribution in [0.3, 0.4) is 0 Å². The molecule has 21 heavy (non-hydrogen) atoms. The van der Waals surface area contributed by atoms with Crippen molar-refractivity contribution in [3.8, 4) is 0 Å².